The number of rotatable bonds is 30. The van der Waals surface area contributed by atoms with Crippen molar-refractivity contribution in [2.24, 2.45) is 0 Å². The zero-order valence-corrected chi connectivity index (χ0v) is 26.9. The number of amides is 1. The van der Waals surface area contributed by atoms with Crippen molar-refractivity contribution < 1.29 is 20.1 Å². The second kappa shape index (κ2) is 31.5. The highest BCUT2D eigenvalue weighted by molar-refractivity contribution is 5.76. The van der Waals surface area contributed by atoms with E-state index in [0.717, 1.165) is 32.1 Å². The van der Waals surface area contributed by atoms with Gasteiger partial charge in [-0.2, -0.15) is 0 Å². The van der Waals surface area contributed by atoms with E-state index in [0.29, 0.717) is 19.3 Å². The highest BCUT2D eigenvalue weighted by Gasteiger charge is 2.26. The molecule has 240 valence electrons. The third-order valence-corrected chi connectivity index (χ3v) is 7.73. The van der Waals surface area contributed by atoms with Gasteiger partial charge in [-0.15, -0.1) is 0 Å². The fourth-order valence-electron chi connectivity index (χ4n) is 4.97. The molecule has 0 saturated carbocycles. The molecule has 0 radical (unpaired) electrons. The Bertz CT molecular complexity index is 645. The number of hydrogen-bond donors (Lipinski definition) is 4. The normalized spacial score (nSPS) is 14.4. The molecule has 0 saturated heterocycles. The van der Waals surface area contributed by atoms with Gasteiger partial charge in [0.2, 0.25) is 5.91 Å². The van der Waals surface area contributed by atoms with Crippen LogP contribution in [0.2, 0.25) is 0 Å². The molecule has 41 heavy (non-hydrogen) atoms. The van der Waals surface area contributed by atoms with E-state index in [1.165, 1.54) is 96.3 Å². The number of carbonyl (C=O) groups is 1. The average Bonchev–Trinajstić information content (AvgIpc) is 2.97. The smallest absolute Gasteiger partial charge is 0.220 e. The van der Waals surface area contributed by atoms with Crippen LogP contribution in [0.4, 0.5) is 0 Å². The summed E-state index contributed by atoms with van der Waals surface area (Å²) in [4.78, 5) is 12.3. The average molecular weight is 578 g/mol. The Hall–Kier alpha value is -1.43. The predicted octanol–water partition coefficient (Wildman–Crippen LogP) is 8.87. The van der Waals surface area contributed by atoms with Gasteiger partial charge >= 0.3 is 0 Å². The van der Waals surface area contributed by atoms with E-state index in [9.17, 15) is 20.1 Å². The summed E-state index contributed by atoms with van der Waals surface area (Å²) in [6, 6.07) is -0.853. The molecule has 0 aliphatic carbocycles. The molecule has 0 rings (SSSR count). The molecule has 0 bridgehead atoms. The van der Waals surface area contributed by atoms with E-state index in [1.54, 1.807) is 0 Å². The molecule has 5 nitrogen and oxygen atoms in total. The minimum Gasteiger partial charge on any atom is -0.394 e. The Balaban J connectivity index is 3.86. The molecule has 0 heterocycles. The van der Waals surface area contributed by atoms with Gasteiger partial charge in [0.1, 0.15) is 6.10 Å². The molecule has 0 spiro atoms. The van der Waals surface area contributed by atoms with Crippen molar-refractivity contribution >= 4 is 5.91 Å². The Morgan fingerprint density at radius 2 is 1.05 bits per heavy atom. The van der Waals surface area contributed by atoms with Crippen LogP contribution >= 0.6 is 0 Å². The number of allylic oxidation sites excluding steroid dienone is 6. The van der Waals surface area contributed by atoms with Gasteiger partial charge in [-0.25, -0.2) is 0 Å². The molecule has 0 fully saturated rings. The monoisotopic (exact) mass is 578 g/mol. The van der Waals surface area contributed by atoms with E-state index in [1.807, 2.05) is 6.08 Å². The Kier molecular flexibility index (Phi) is 30.4. The number of aliphatic hydroxyl groups is 3. The first kappa shape index (κ1) is 39.6. The van der Waals surface area contributed by atoms with Gasteiger partial charge in [0.15, 0.2) is 0 Å². The molecule has 0 aromatic carbocycles. The molecule has 0 aromatic rings. The summed E-state index contributed by atoms with van der Waals surface area (Å²) in [5, 5.41) is 33.2. The first-order chi connectivity index (χ1) is 20.1. The largest absolute Gasteiger partial charge is 0.394 e. The SMILES string of the molecule is CCCCCCCC/C=C\C/C=C\CCC(=O)NC(CO)C(O)C(O)CCC/C=C/CCCCCCCCCCC. The molecule has 0 aliphatic rings. The van der Waals surface area contributed by atoms with Gasteiger partial charge in [-0.1, -0.05) is 134 Å². The van der Waals surface area contributed by atoms with Crippen LogP contribution in [0.25, 0.3) is 0 Å². The zero-order valence-electron chi connectivity index (χ0n) is 26.9. The van der Waals surface area contributed by atoms with Crippen LogP contribution in [-0.4, -0.2) is 46.1 Å². The molecular weight excluding hydrogens is 510 g/mol. The summed E-state index contributed by atoms with van der Waals surface area (Å²) in [5.74, 6) is -0.224. The highest BCUT2D eigenvalue weighted by Crippen LogP contribution is 2.13. The number of nitrogens with one attached hydrogen (secondary N) is 1. The summed E-state index contributed by atoms with van der Waals surface area (Å²) in [7, 11) is 0. The molecule has 3 unspecified atom stereocenters. The van der Waals surface area contributed by atoms with Crippen LogP contribution in [0.15, 0.2) is 36.5 Å². The third kappa shape index (κ3) is 27.2. The number of hydrogen-bond acceptors (Lipinski definition) is 4. The van der Waals surface area contributed by atoms with Crippen LogP contribution < -0.4 is 5.32 Å². The van der Waals surface area contributed by atoms with E-state index >= 15 is 0 Å². The number of carbonyl (C=O) groups excluding carboxylic acids is 1. The maximum atomic E-state index is 12.3. The Labute approximate surface area is 254 Å². The lowest BCUT2D eigenvalue weighted by atomic mass is 10.0. The van der Waals surface area contributed by atoms with E-state index in [-0.39, 0.29) is 5.91 Å². The van der Waals surface area contributed by atoms with Crippen LogP contribution in [0.1, 0.15) is 162 Å². The van der Waals surface area contributed by atoms with E-state index < -0.39 is 24.9 Å². The fraction of sp³-hybridized carbons (Fsp3) is 0.806. The van der Waals surface area contributed by atoms with Crippen molar-refractivity contribution in [1.82, 2.24) is 5.32 Å². The first-order valence-electron chi connectivity index (χ1n) is 17.3. The lowest BCUT2D eigenvalue weighted by Gasteiger charge is -2.26. The molecule has 4 N–H and O–H groups in total. The van der Waals surface area contributed by atoms with Crippen molar-refractivity contribution in [2.45, 2.75) is 180 Å². The quantitative estimate of drug-likeness (QED) is 0.0507. The predicted molar refractivity (Wildman–Crippen MR) is 176 cm³/mol. The molecule has 0 aliphatic heterocycles. The van der Waals surface area contributed by atoms with Crippen molar-refractivity contribution in [3.63, 3.8) is 0 Å². The van der Waals surface area contributed by atoms with Crippen molar-refractivity contribution in [3.8, 4) is 0 Å². The van der Waals surface area contributed by atoms with E-state index in [4.69, 9.17) is 0 Å². The lowest BCUT2D eigenvalue weighted by molar-refractivity contribution is -0.124. The maximum absolute atomic E-state index is 12.3. The Morgan fingerprint density at radius 1 is 0.610 bits per heavy atom. The van der Waals surface area contributed by atoms with Gasteiger partial charge in [0, 0.05) is 6.42 Å². The second-order valence-electron chi connectivity index (χ2n) is 11.7. The summed E-state index contributed by atoms with van der Waals surface area (Å²) in [5.41, 5.74) is 0. The lowest BCUT2D eigenvalue weighted by Crippen LogP contribution is -2.50. The summed E-state index contributed by atoms with van der Waals surface area (Å²) in [6.07, 6.45) is 36.7. The number of unbranched alkanes of at least 4 members (excludes halogenated alkanes) is 16. The van der Waals surface area contributed by atoms with Crippen LogP contribution in [-0.2, 0) is 4.79 Å². The molecule has 3 atom stereocenters. The van der Waals surface area contributed by atoms with Crippen LogP contribution in [0.5, 0.6) is 0 Å². The van der Waals surface area contributed by atoms with Gasteiger partial charge in [0.05, 0.1) is 18.8 Å². The fourth-order valence-corrected chi connectivity index (χ4v) is 4.97. The molecule has 1 amide bonds. The van der Waals surface area contributed by atoms with Crippen molar-refractivity contribution in [3.05, 3.63) is 36.5 Å². The van der Waals surface area contributed by atoms with Gasteiger partial charge in [0.25, 0.3) is 0 Å². The summed E-state index contributed by atoms with van der Waals surface area (Å²) >= 11 is 0. The summed E-state index contributed by atoms with van der Waals surface area (Å²) in [6.45, 7) is 4.10. The minimum absolute atomic E-state index is 0.224. The first-order valence-corrected chi connectivity index (χ1v) is 17.3. The van der Waals surface area contributed by atoms with Gasteiger partial charge < -0.3 is 20.6 Å². The molecule has 0 aromatic heterocycles. The molecule has 5 heteroatoms. The molecular formula is C36H67NO4. The van der Waals surface area contributed by atoms with E-state index in [2.05, 4.69) is 49.5 Å². The van der Waals surface area contributed by atoms with Gasteiger partial charge in [-0.05, 0) is 57.8 Å². The van der Waals surface area contributed by atoms with Crippen LogP contribution in [0, 0.1) is 0 Å². The van der Waals surface area contributed by atoms with Crippen LogP contribution in [0.3, 0.4) is 0 Å². The standard InChI is InChI=1S/C36H67NO4/c1-3-5-7-9-11-13-15-17-19-20-22-24-26-28-30-34(39)36(41)33(32-38)37-35(40)31-29-27-25-23-21-18-16-14-12-10-8-6-4-2/h18,21-22,24-25,27,33-34,36,38-39,41H,3-17,19-20,23,26,28-32H2,1-2H3,(H,37,40)/b21-18-,24-22+,27-25-. The highest BCUT2D eigenvalue weighted by atomic mass is 16.3. The van der Waals surface area contributed by atoms with Crippen molar-refractivity contribution in [1.29, 1.82) is 0 Å². The second-order valence-corrected chi connectivity index (χ2v) is 11.7. The minimum atomic E-state index is -1.18. The van der Waals surface area contributed by atoms with Crippen molar-refractivity contribution in [2.75, 3.05) is 6.61 Å². The third-order valence-electron chi connectivity index (χ3n) is 7.73. The topological polar surface area (TPSA) is 89.8 Å². The maximum Gasteiger partial charge on any atom is 0.220 e. The summed E-state index contributed by atoms with van der Waals surface area (Å²) < 4.78 is 0. The Morgan fingerprint density at radius 3 is 1.56 bits per heavy atom. The van der Waals surface area contributed by atoms with Gasteiger partial charge in [-0.3, -0.25) is 4.79 Å². The zero-order chi connectivity index (χ0) is 30.2. The number of aliphatic hydroxyl groups excluding tert-OH is 3.